The molecule has 0 aliphatic heterocycles. The van der Waals surface area contributed by atoms with Crippen LogP contribution >= 0.6 is 0 Å². The zero-order valence-corrected chi connectivity index (χ0v) is 49.0. The van der Waals surface area contributed by atoms with E-state index in [1.807, 2.05) is 18.2 Å². The lowest BCUT2D eigenvalue weighted by molar-refractivity contribution is -0.683. The van der Waals surface area contributed by atoms with Crippen molar-refractivity contribution in [1.29, 1.82) is 0 Å². The second-order valence-corrected chi connectivity index (χ2v) is 22.1. The van der Waals surface area contributed by atoms with Gasteiger partial charge in [0.2, 0.25) is 24.2 Å². The van der Waals surface area contributed by atoms with Crippen molar-refractivity contribution in [3.63, 3.8) is 0 Å². The highest BCUT2D eigenvalue weighted by molar-refractivity contribution is 7.20. The van der Waals surface area contributed by atoms with E-state index in [0.29, 0.717) is 12.2 Å². The van der Waals surface area contributed by atoms with E-state index in [-0.39, 0.29) is 18.0 Å². The number of carbonyl (C=O) groups excluding carboxylic acids is 2. The smallest absolute Gasteiger partial charge is 0.416 e. The van der Waals surface area contributed by atoms with Gasteiger partial charge in [0.25, 0.3) is 0 Å². The molecule has 1 aromatic heterocycles. The Bertz CT molecular complexity index is 2980. The number of carbonyl (C=O) groups is 2. The number of ether oxygens (including phenoxy) is 1. The number of alkyl halides is 24. The number of unbranched alkanes of at least 4 members (excludes halogenated alkanes) is 15. The fourth-order valence-corrected chi connectivity index (χ4v) is 10.5. The number of hydrogen-bond acceptors (Lipinski definition) is 4. The third kappa shape index (κ3) is 22.2. The van der Waals surface area contributed by atoms with Gasteiger partial charge in [-0.1, -0.05) is 182 Å². The summed E-state index contributed by atoms with van der Waals surface area (Å²) in [4.78, 5) is 28.8. The van der Waals surface area contributed by atoms with Gasteiger partial charge in [0.05, 0.1) is 57.3 Å². The number of rotatable bonds is 25. The lowest BCUT2D eigenvalue weighted by Gasteiger charge is -2.46. The van der Waals surface area contributed by atoms with Gasteiger partial charge in [-0.3, -0.25) is 4.79 Å². The van der Waals surface area contributed by atoms with Gasteiger partial charge in [-0.15, -0.1) is 0 Å². The van der Waals surface area contributed by atoms with Crippen LogP contribution in [-0.4, -0.2) is 29.5 Å². The van der Waals surface area contributed by atoms with Crippen molar-refractivity contribution in [2.75, 3.05) is 6.61 Å². The molecular weight excluding hydrogens is 1300 g/mol. The summed E-state index contributed by atoms with van der Waals surface area (Å²) >= 11 is 0. The molecule has 0 unspecified atom stereocenters. The Hall–Kier alpha value is -7.30. The summed E-state index contributed by atoms with van der Waals surface area (Å²) in [6.45, 7) is 2.85. The molecule has 0 aliphatic rings. The Morgan fingerprint density at radius 1 is 0.387 bits per heavy atom. The number of hydrogen-bond donors (Lipinski definition) is 0. The van der Waals surface area contributed by atoms with E-state index < -0.39 is 201 Å². The molecule has 0 spiro atoms. The Kier molecular flexibility index (Phi) is 25.7. The van der Waals surface area contributed by atoms with Gasteiger partial charge in [0.1, 0.15) is 6.15 Å². The highest BCUT2D eigenvalue weighted by atomic mass is 19.4. The molecular formula is C63H59BF24N2O3. The van der Waals surface area contributed by atoms with Crippen molar-refractivity contribution >= 4 is 39.7 Å². The van der Waals surface area contributed by atoms with E-state index in [1.54, 1.807) is 29.1 Å². The third-order valence-electron chi connectivity index (χ3n) is 15.1. The number of benzene rings is 5. The first kappa shape index (κ1) is 76.4. The van der Waals surface area contributed by atoms with Gasteiger partial charge in [-0.25, -0.2) is 9.78 Å². The van der Waals surface area contributed by atoms with Crippen LogP contribution in [0, 0.1) is 0 Å². The predicted molar refractivity (Wildman–Crippen MR) is 295 cm³/mol. The second kappa shape index (κ2) is 31.3. The largest absolute Gasteiger partial charge is 0.461 e. The summed E-state index contributed by atoms with van der Waals surface area (Å²) in [5.41, 5.74) is -29.3. The number of Topliss-reactive ketones (excluding diaryl/α,β-unsaturated/α-hetero) is 1. The zero-order chi connectivity index (χ0) is 69.6. The molecule has 0 saturated carbocycles. The molecule has 0 bridgehead atoms. The van der Waals surface area contributed by atoms with Crippen molar-refractivity contribution in [3.8, 4) is 0 Å². The van der Waals surface area contributed by atoms with Crippen LogP contribution in [0.3, 0.4) is 0 Å². The minimum Gasteiger partial charge on any atom is -0.461 e. The molecule has 0 aliphatic carbocycles. The number of nitrogens with zero attached hydrogens (tertiary/aromatic N) is 2. The van der Waals surface area contributed by atoms with Crippen LogP contribution in [0.5, 0.6) is 0 Å². The minimum absolute atomic E-state index is 0.0146. The fourth-order valence-electron chi connectivity index (χ4n) is 10.5. The van der Waals surface area contributed by atoms with Crippen LogP contribution in [0.15, 0.2) is 122 Å². The Morgan fingerprint density at radius 3 is 0.925 bits per heavy atom. The summed E-state index contributed by atoms with van der Waals surface area (Å²) in [5, 5.41) is 0. The van der Waals surface area contributed by atoms with Crippen LogP contribution in [0.1, 0.15) is 175 Å². The highest BCUT2D eigenvalue weighted by Crippen LogP contribution is 2.42. The number of aromatic nitrogens is 2. The average molecular weight is 1360 g/mol. The summed E-state index contributed by atoms with van der Waals surface area (Å²) < 4.78 is 348. The third-order valence-corrected chi connectivity index (χ3v) is 15.1. The molecule has 0 radical (unpaired) electrons. The van der Waals surface area contributed by atoms with E-state index in [0.717, 1.165) is 12.8 Å². The first-order valence-electron chi connectivity index (χ1n) is 28.9. The number of halogens is 24. The SMILES string of the molecule is CCCCCCCCCCCCCCCCCCOC(=O)c1c[n+](CC(=O)c2ccccc2)ccn1.FC(F)(F)c1cc([B-](c2cc(C(F)(F)F)cc(C(F)(F)F)c2)(c2cc(C(F)(F)F)cc(C(F)(F)F)c2)c2cc(C(F)(F)F)cc(C(F)(F)F)c2)cc(C(F)(F)F)c1. The minimum atomic E-state index is -6.13. The lowest BCUT2D eigenvalue weighted by atomic mass is 9.12. The van der Waals surface area contributed by atoms with Gasteiger partial charge in [0.15, 0.2) is 6.20 Å². The molecule has 0 atom stereocenters. The molecule has 30 heteroatoms. The predicted octanol–water partition coefficient (Wildman–Crippen LogP) is 18.9. The fraction of sp³-hybridized carbons (Fsp3) is 0.429. The van der Waals surface area contributed by atoms with E-state index in [4.69, 9.17) is 4.74 Å². The first-order valence-corrected chi connectivity index (χ1v) is 28.9. The molecule has 6 rings (SSSR count). The van der Waals surface area contributed by atoms with Crippen LogP contribution in [0.25, 0.3) is 0 Å². The molecule has 0 saturated heterocycles. The van der Waals surface area contributed by atoms with Crippen molar-refractivity contribution in [1.82, 2.24) is 4.98 Å². The summed E-state index contributed by atoms with van der Waals surface area (Å²) in [7, 11) is 0. The van der Waals surface area contributed by atoms with Crippen molar-refractivity contribution in [3.05, 3.63) is 177 Å². The van der Waals surface area contributed by atoms with Crippen molar-refractivity contribution in [2.24, 2.45) is 0 Å². The number of esters is 1. The van der Waals surface area contributed by atoms with Gasteiger partial charge in [-0.2, -0.15) is 132 Å². The summed E-state index contributed by atoms with van der Waals surface area (Å²) in [6, 6.07) is 0.325. The van der Waals surface area contributed by atoms with Crippen LogP contribution < -0.4 is 26.4 Å². The highest BCUT2D eigenvalue weighted by Gasteiger charge is 2.47. The van der Waals surface area contributed by atoms with Crippen LogP contribution in [0.2, 0.25) is 0 Å². The van der Waals surface area contributed by atoms with E-state index in [2.05, 4.69) is 11.9 Å². The second-order valence-electron chi connectivity index (χ2n) is 22.1. The molecule has 93 heavy (non-hydrogen) atoms. The van der Waals surface area contributed by atoms with Gasteiger partial charge < -0.3 is 4.74 Å². The molecule has 510 valence electrons. The summed E-state index contributed by atoms with van der Waals surface area (Å²) in [5.74, 6) is -0.447. The molecule has 0 amide bonds. The molecule has 5 aromatic carbocycles. The summed E-state index contributed by atoms with van der Waals surface area (Å²) in [6.07, 6.45) is -28.9. The molecule has 5 nitrogen and oxygen atoms in total. The van der Waals surface area contributed by atoms with Crippen molar-refractivity contribution in [2.45, 2.75) is 166 Å². The van der Waals surface area contributed by atoms with Crippen LogP contribution in [-0.2, 0) is 60.7 Å². The maximum absolute atomic E-state index is 14.2. The van der Waals surface area contributed by atoms with E-state index in [1.165, 1.54) is 96.1 Å². The van der Waals surface area contributed by atoms with E-state index in [9.17, 15) is 115 Å². The molecule has 6 aromatic rings. The molecule has 0 fully saturated rings. The molecule has 0 N–H and O–H groups in total. The lowest BCUT2D eigenvalue weighted by Crippen LogP contribution is -2.75. The van der Waals surface area contributed by atoms with E-state index >= 15 is 0 Å². The average Bonchev–Trinajstić information content (AvgIpc) is 0.709. The zero-order valence-electron chi connectivity index (χ0n) is 49.0. The molecule has 1 heterocycles. The maximum atomic E-state index is 14.2. The Morgan fingerprint density at radius 2 is 0.656 bits per heavy atom. The van der Waals surface area contributed by atoms with Gasteiger partial charge in [0, 0.05) is 5.56 Å². The number of ketones is 1. The van der Waals surface area contributed by atoms with Crippen molar-refractivity contribution < 1.29 is 124 Å². The Balaban J connectivity index is 0.000000374. The first-order chi connectivity index (χ1) is 43.0. The maximum Gasteiger partial charge on any atom is 0.416 e. The quantitative estimate of drug-likeness (QED) is 0.0143. The van der Waals surface area contributed by atoms with Gasteiger partial charge >= 0.3 is 55.4 Å². The Labute approximate surface area is 517 Å². The normalized spacial score (nSPS) is 13.0. The standard InChI is InChI=1S/C32H12BF24.C31H47N2O3/c34-25(35,36)13-1-14(26(37,38)39)6-21(5-13)33(22-7-15(27(40,41)42)2-16(8-22)28(43,44)45,23-9-17(29(46,47)48)3-18(10-23)30(49,50)51)24-11-19(31(52,53)54)4-20(12-24)32(55,56)57;1-2-3-4-5-6-7-8-9-10-11-12-13-14-15-16-20-25-36-31(35)29-26-33(24-23-32-29)27-30(34)28-21-18-17-19-22-28/h1-12H;17-19,21-24,26H,2-16,20,25,27H2,1H3/q-1;+1. The topological polar surface area (TPSA) is 60.1 Å². The van der Waals surface area contributed by atoms with Crippen LogP contribution in [0.4, 0.5) is 105 Å². The van der Waals surface area contributed by atoms with Gasteiger partial charge in [-0.05, 0) is 30.7 Å². The monoisotopic (exact) mass is 1360 g/mol.